The Kier molecular flexibility index (Phi) is 5.55. The highest BCUT2D eigenvalue weighted by Crippen LogP contribution is 2.23. The van der Waals surface area contributed by atoms with Crippen LogP contribution in [0.2, 0.25) is 0 Å². The average molecular weight is 263 g/mol. The van der Waals surface area contributed by atoms with Crippen molar-refractivity contribution in [1.29, 1.82) is 0 Å². The van der Waals surface area contributed by atoms with Gasteiger partial charge < -0.3 is 9.30 Å². The first-order valence-corrected chi connectivity index (χ1v) is 6.57. The number of ether oxygens (including phenoxy) is 1. The second-order valence-corrected chi connectivity index (χ2v) is 4.21. The normalized spacial score (nSPS) is 10.9. The van der Waals surface area contributed by atoms with E-state index < -0.39 is 5.97 Å². The molecule has 19 heavy (non-hydrogen) atoms. The van der Waals surface area contributed by atoms with E-state index in [1.165, 1.54) is 0 Å². The number of carbonyl (C=O) groups excluding carboxylic acids is 2. The lowest BCUT2D eigenvalue weighted by Crippen LogP contribution is -2.15. The van der Waals surface area contributed by atoms with Gasteiger partial charge in [0.2, 0.25) is 0 Å². The van der Waals surface area contributed by atoms with Gasteiger partial charge in [0, 0.05) is 12.2 Å². The minimum atomic E-state index is -0.433. The molecule has 4 heteroatoms. The molecule has 0 atom stereocenters. The van der Waals surface area contributed by atoms with Gasteiger partial charge in [0.05, 0.1) is 12.2 Å². The lowest BCUT2D eigenvalue weighted by molar-refractivity contribution is 0.0512. The van der Waals surface area contributed by atoms with E-state index in [1.807, 2.05) is 37.5 Å². The molecule has 0 N–H and O–H groups in total. The molecule has 0 saturated heterocycles. The number of allylic oxidation sites excluding steroid dienone is 2. The van der Waals surface area contributed by atoms with Crippen LogP contribution in [0.3, 0.4) is 0 Å². The summed E-state index contributed by atoms with van der Waals surface area (Å²) in [5.74, 6) is -0.433. The first-order valence-electron chi connectivity index (χ1n) is 6.57. The summed E-state index contributed by atoms with van der Waals surface area (Å²) in [7, 11) is 0. The fourth-order valence-corrected chi connectivity index (χ4v) is 2.25. The molecule has 0 aromatic carbocycles. The van der Waals surface area contributed by atoms with Crippen molar-refractivity contribution in [2.24, 2.45) is 0 Å². The fraction of sp³-hybridized carbons (Fsp3) is 0.467. The van der Waals surface area contributed by atoms with Crippen molar-refractivity contribution in [3.8, 4) is 0 Å². The second kappa shape index (κ2) is 6.92. The van der Waals surface area contributed by atoms with Gasteiger partial charge in [-0.25, -0.2) is 4.79 Å². The van der Waals surface area contributed by atoms with E-state index in [1.54, 1.807) is 6.92 Å². The van der Waals surface area contributed by atoms with Gasteiger partial charge in [0.25, 0.3) is 0 Å². The first-order chi connectivity index (χ1) is 9.12. The molecule has 0 bridgehead atoms. The number of aromatic nitrogens is 1. The highest BCUT2D eigenvalue weighted by molar-refractivity contribution is 5.98. The first kappa shape index (κ1) is 15.2. The van der Waals surface area contributed by atoms with Crippen molar-refractivity contribution in [3.05, 3.63) is 34.7 Å². The van der Waals surface area contributed by atoms with Gasteiger partial charge in [0.1, 0.15) is 5.69 Å². The van der Waals surface area contributed by atoms with Crippen LogP contribution in [0, 0.1) is 6.92 Å². The van der Waals surface area contributed by atoms with E-state index in [9.17, 15) is 9.59 Å². The maximum absolute atomic E-state index is 12.1. The summed E-state index contributed by atoms with van der Waals surface area (Å²) in [6.45, 7) is 8.43. The molecule has 0 spiro atoms. The Morgan fingerprint density at radius 3 is 2.53 bits per heavy atom. The Morgan fingerprint density at radius 2 is 2.05 bits per heavy atom. The number of carbonyl (C=O) groups is 2. The summed E-state index contributed by atoms with van der Waals surface area (Å²) in [4.78, 5) is 23.3. The fourth-order valence-electron chi connectivity index (χ4n) is 2.25. The minimum Gasteiger partial charge on any atom is -0.461 e. The zero-order valence-corrected chi connectivity index (χ0v) is 12.0. The number of aldehydes is 1. The number of esters is 1. The Morgan fingerprint density at radius 1 is 1.37 bits per heavy atom. The van der Waals surface area contributed by atoms with Crippen LogP contribution in [-0.4, -0.2) is 23.4 Å². The predicted octanol–water partition coefficient (Wildman–Crippen LogP) is 2.92. The van der Waals surface area contributed by atoms with Crippen LogP contribution >= 0.6 is 0 Å². The monoisotopic (exact) mass is 263 g/mol. The summed E-state index contributed by atoms with van der Waals surface area (Å²) in [6.07, 6.45) is 5.39. The third kappa shape index (κ3) is 2.95. The van der Waals surface area contributed by atoms with Gasteiger partial charge in [-0.05, 0) is 32.8 Å². The maximum atomic E-state index is 12.1. The molecule has 1 aromatic heterocycles. The Hall–Kier alpha value is -1.84. The van der Waals surface area contributed by atoms with Gasteiger partial charge in [-0.1, -0.05) is 19.1 Å². The third-order valence-corrected chi connectivity index (χ3v) is 3.13. The quantitative estimate of drug-likeness (QED) is 0.450. The van der Waals surface area contributed by atoms with Crippen molar-refractivity contribution in [2.75, 3.05) is 6.61 Å². The highest BCUT2D eigenvalue weighted by Gasteiger charge is 2.24. The Bertz CT molecular complexity index is 498. The van der Waals surface area contributed by atoms with E-state index in [4.69, 9.17) is 4.74 Å². The highest BCUT2D eigenvalue weighted by atomic mass is 16.5. The van der Waals surface area contributed by atoms with E-state index >= 15 is 0 Å². The van der Waals surface area contributed by atoms with Gasteiger partial charge in [-0.2, -0.15) is 0 Å². The van der Waals surface area contributed by atoms with Crippen molar-refractivity contribution in [3.63, 3.8) is 0 Å². The van der Waals surface area contributed by atoms with E-state index in [0.29, 0.717) is 24.4 Å². The predicted molar refractivity (Wildman–Crippen MR) is 74.7 cm³/mol. The Labute approximate surface area is 114 Å². The summed E-state index contributed by atoms with van der Waals surface area (Å²) in [5, 5.41) is 0. The molecule has 0 aliphatic carbocycles. The number of hydrogen-bond donors (Lipinski definition) is 0. The van der Waals surface area contributed by atoms with Crippen molar-refractivity contribution < 1.29 is 14.3 Å². The molecular weight excluding hydrogens is 242 g/mol. The molecule has 0 aliphatic heterocycles. The van der Waals surface area contributed by atoms with E-state index in [0.717, 1.165) is 24.0 Å². The smallest absolute Gasteiger partial charge is 0.355 e. The van der Waals surface area contributed by atoms with Crippen LogP contribution in [-0.2, 0) is 17.7 Å². The molecular formula is C15H21NO3. The molecule has 0 fully saturated rings. The number of nitrogens with zero attached hydrogens (tertiary/aromatic N) is 1. The topological polar surface area (TPSA) is 48.3 Å². The van der Waals surface area contributed by atoms with E-state index in [2.05, 4.69) is 0 Å². The lowest BCUT2D eigenvalue weighted by Gasteiger charge is -2.10. The third-order valence-electron chi connectivity index (χ3n) is 3.13. The van der Waals surface area contributed by atoms with Crippen molar-refractivity contribution >= 4 is 12.3 Å². The molecule has 0 saturated carbocycles. The molecule has 0 radical (unpaired) electrons. The summed E-state index contributed by atoms with van der Waals surface area (Å²) in [6, 6.07) is 0. The Balaban J connectivity index is 3.45. The second-order valence-electron chi connectivity index (χ2n) is 4.21. The molecule has 104 valence electrons. The van der Waals surface area contributed by atoms with Crippen LogP contribution in [0.4, 0.5) is 0 Å². The molecule has 0 amide bonds. The van der Waals surface area contributed by atoms with Crippen LogP contribution in [0.1, 0.15) is 52.9 Å². The lowest BCUT2D eigenvalue weighted by atomic mass is 10.1. The number of rotatable bonds is 6. The molecule has 0 unspecified atom stereocenters. The largest absolute Gasteiger partial charge is 0.461 e. The zero-order valence-electron chi connectivity index (χ0n) is 12.0. The summed E-state index contributed by atoms with van der Waals surface area (Å²) < 4.78 is 6.93. The van der Waals surface area contributed by atoms with Gasteiger partial charge in [-0.15, -0.1) is 0 Å². The van der Waals surface area contributed by atoms with Crippen LogP contribution < -0.4 is 0 Å². The molecule has 1 rings (SSSR count). The molecule has 1 aromatic rings. The van der Waals surface area contributed by atoms with E-state index in [-0.39, 0.29) is 0 Å². The standard InChI is InChI=1S/C15H21NO3/c1-5-8-9-16-13(6-2)11(4)12(10-17)14(16)15(18)19-7-3/h5,8,10H,6-7,9H2,1-4H3/b8-5+. The van der Waals surface area contributed by atoms with Gasteiger partial charge in [-0.3, -0.25) is 4.79 Å². The van der Waals surface area contributed by atoms with Crippen molar-refractivity contribution in [2.45, 2.75) is 40.7 Å². The van der Waals surface area contributed by atoms with Crippen LogP contribution in [0.15, 0.2) is 12.2 Å². The number of hydrogen-bond acceptors (Lipinski definition) is 3. The maximum Gasteiger partial charge on any atom is 0.355 e. The SMILES string of the molecule is C/C=C/Cn1c(CC)c(C)c(C=O)c1C(=O)OCC. The van der Waals surface area contributed by atoms with Gasteiger partial charge >= 0.3 is 5.97 Å². The van der Waals surface area contributed by atoms with Gasteiger partial charge in [0.15, 0.2) is 6.29 Å². The zero-order chi connectivity index (χ0) is 14.4. The molecule has 4 nitrogen and oxygen atoms in total. The van der Waals surface area contributed by atoms with Crippen LogP contribution in [0.5, 0.6) is 0 Å². The van der Waals surface area contributed by atoms with Crippen LogP contribution in [0.25, 0.3) is 0 Å². The van der Waals surface area contributed by atoms with Crippen molar-refractivity contribution in [1.82, 2.24) is 4.57 Å². The summed E-state index contributed by atoms with van der Waals surface area (Å²) >= 11 is 0. The molecule has 0 aliphatic rings. The molecule has 1 heterocycles. The minimum absolute atomic E-state index is 0.298. The average Bonchev–Trinajstić information content (AvgIpc) is 2.68. The summed E-state index contributed by atoms with van der Waals surface area (Å²) in [5.41, 5.74) is 2.68.